The van der Waals surface area contributed by atoms with Crippen molar-refractivity contribution in [1.82, 2.24) is 14.8 Å². The number of ether oxygens (including phenoxy) is 2. The SMILES string of the molecule is COc1ccc(CN2C(=O)c3cc4sccc4n3CC2(C)C(=O)NC2CCCCC2)cc1OC. The molecule has 0 bridgehead atoms. The lowest BCUT2D eigenvalue weighted by Gasteiger charge is -2.45. The lowest BCUT2D eigenvalue weighted by molar-refractivity contribution is -0.134. The number of thiophene rings is 1. The van der Waals surface area contributed by atoms with Crippen LogP contribution >= 0.6 is 11.3 Å². The Balaban J connectivity index is 1.52. The van der Waals surface area contributed by atoms with Crippen LogP contribution in [0.1, 0.15) is 55.1 Å². The Morgan fingerprint density at radius 3 is 2.62 bits per heavy atom. The predicted molar refractivity (Wildman–Crippen MR) is 133 cm³/mol. The minimum atomic E-state index is -1.03. The summed E-state index contributed by atoms with van der Waals surface area (Å²) in [7, 11) is 3.19. The molecule has 1 aromatic carbocycles. The average molecular weight is 482 g/mol. The van der Waals surface area contributed by atoms with Crippen LogP contribution < -0.4 is 14.8 Å². The molecule has 2 aromatic heterocycles. The summed E-state index contributed by atoms with van der Waals surface area (Å²) < 4.78 is 13.9. The molecule has 0 spiro atoms. The van der Waals surface area contributed by atoms with E-state index in [2.05, 4.69) is 5.32 Å². The van der Waals surface area contributed by atoms with Crippen LogP contribution in [-0.2, 0) is 17.9 Å². The molecule has 7 nitrogen and oxygen atoms in total. The maximum absolute atomic E-state index is 13.9. The summed E-state index contributed by atoms with van der Waals surface area (Å²) in [6.45, 7) is 2.61. The molecule has 3 aromatic rings. The quantitative estimate of drug-likeness (QED) is 0.559. The molecule has 0 radical (unpaired) electrons. The molecule has 1 fully saturated rings. The summed E-state index contributed by atoms with van der Waals surface area (Å²) in [6, 6.07) is 9.77. The van der Waals surface area contributed by atoms with Gasteiger partial charge in [0.05, 0.1) is 31.0 Å². The third kappa shape index (κ3) is 3.83. The second-order valence-corrected chi connectivity index (χ2v) is 10.4. The van der Waals surface area contributed by atoms with Crippen LogP contribution in [0, 0.1) is 0 Å². The molecule has 8 heteroatoms. The maximum atomic E-state index is 13.9. The van der Waals surface area contributed by atoms with E-state index in [0.29, 0.717) is 30.3 Å². The minimum absolute atomic E-state index is 0.0871. The molecule has 5 rings (SSSR count). The number of nitrogens with zero attached hydrogens (tertiary/aromatic N) is 2. The highest BCUT2D eigenvalue weighted by Gasteiger charge is 2.48. The molecule has 1 aliphatic heterocycles. The molecule has 1 unspecified atom stereocenters. The summed E-state index contributed by atoms with van der Waals surface area (Å²) in [6.07, 6.45) is 5.47. The van der Waals surface area contributed by atoms with Gasteiger partial charge in [-0.1, -0.05) is 25.3 Å². The van der Waals surface area contributed by atoms with Crippen molar-refractivity contribution in [3.8, 4) is 11.5 Å². The molecule has 2 aliphatic rings. The summed E-state index contributed by atoms with van der Waals surface area (Å²) in [4.78, 5) is 29.4. The van der Waals surface area contributed by atoms with Crippen molar-refractivity contribution in [1.29, 1.82) is 0 Å². The van der Waals surface area contributed by atoms with E-state index < -0.39 is 5.54 Å². The van der Waals surface area contributed by atoms with Crippen LogP contribution in [0.15, 0.2) is 35.7 Å². The average Bonchev–Trinajstić information content (AvgIpc) is 3.44. The lowest BCUT2D eigenvalue weighted by Crippen LogP contribution is -2.64. The minimum Gasteiger partial charge on any atom is -0.493 e. The number of carbonyl (C=O) groups is 2. The van der Waals surface area contributed by atoms with Gasteiger partial charge in [-0.3, -0.25) is 9.59 Å². The van der Waals surface area contributed by atoms with Gasteiger partial charge in [0, 0.05) is 12.6 Å². The zero-order valence-corrected chi connectivity index (χ0v) is 20.7. The fraction of sp³-hybridized carbons (Fsp3) is 0.462. The first kappa shape index (κ1) is 22.8. The Morgan fingerprint density at radius 2 is 1.88 bits per heavy atom. The zero-order chi connectivity index (χ0) is 23.9. The van der Waals surface area contributed by atoms with Gasteiger partial charge in [0.2, 0.25) is 5.91 Å². The van der Waals surface area contributed by atoms with Crippen molar-refractivity contribution in [3.63, 3.8) is 0 Å². The Labute approximate surface area is 203 Å². The molecule has 2 amide bonds. The van der Waals surface area contributed by atoms with Crippen molar-refractivity contribution < 1.29 is 19.1 Å². The maximum Gasteiger partial charge on any atom is 0.271 e. The summed E-state index contributed by atoms with van der Waals surface area (Å²) >= 11 is 1.61. The van der Waals surface area contributed by atoms with Crippen molar-refractivity contribution in [3.05, 3.63) is 47.0 Å². The number of fused-ring (bicyclic) bond motifs is 3. The first-order valence-corrected chi connectivity index (χ1v) is 12.7. The van der Waals surface area contributed by atoms with E-state index in [1.54, 1.807) is 30.5 Å². The van der Waals surface area contributed by atoms with Crippen LogP contribution in [0.2, 0.25) is 0 Å². The van der Waals surface area contributed by atoms with E-state index in [1.807, 2.05) is 47.2 Å². The molecule has 1 saturated carbocycles. The van der Waals surface area contributed by atoms with Crippen LogP contribution in [0.4, 0.5) is 0 Å². The molecular formula is C26H31N3O4S. The Morgan fingerprint density at radius 1 is 1.12 bits per heavy atom. The van der Waals surface area contributed by atoms with Crippen LogP contribution in [-0.4, -0.2) is 47.1 Å². The van der Waals surface area contributed by atoms with Gasteiger partial charge in [-0.05, 0) is 55.0 Å². The Kier molecular flexibility index (Phi) is 6.02. The highest BCUT2D eigenvalue weighted by atomic mass is 32.1. The number of hydrogen-bond acceptors (Lipinski definition) is 5. The molecule has 180 valence electrons. The van der Waals surface area contributed by atoms with Crippen molar-refractivity contribution in [2.24, 2.45) is 0 Å². The second kappa shape index (κ2) is 8.98. The third-order valence-electron chi connectivity index (χ3n) is 7.27. The second-order valence-electron chi connectivity index (χ2n) is 9.45. The molecule has 3 heterocycles. The van der Waals surface area contributed by atoms with Gasteiger partial charge in [0.25, 0.3) is 5.91 Å². The first-order valence-electron chi connectivity index (χ1n) is 11.8. The zero-order valence-electron chi connectivity index (χ0n) is 19.9. The van der Waals surface area contributed by atoms with E-state index in [4.69, 9.17) is 9.47 Å². The Hall–Kier alpha value is -3.00. The van der Waals surface area contributed by atoms with Crippen LogP contribution in [0.3, 0.4) is 0 Å². The van der Waals surface area contributed by atoms with Crippen molar-refractivity contribution in [2.75, 3.05) is 14.2 Å². The van der Waals surface area contributed by atoms with E-state index >= 15 is 0 Å². The van der Waals surface area contributed by atoms with E-state index in [9.17, 15) is 9.59 Å². The Bertz CT molecular complexity index is 1230. The lowest BCUT2D eigenvalue weighted by atomic mass is 9.91. The van der Waals surface area contributed by atoms with Gasteiger partial charge in [-0.15, -0.1) is 11.3 Å². The largest absolute Gasteiger partial charge is 0.493 e. The number of hydrogen-bond donors (Lipinski definition) is 1. The molecule has 1 atom stereocenters. The van der Waals surface area contributed by atoms with E-state index in [1.165, 1.54) is 6.42 Å². The fourth-order valence-electron chi connectivity index (χ4n) is 5.27. The molecular weight excluding hydrogens is 450 g/mol. The smallest absolute Gasteiger partial charge is 0.271 e. The van der Waals surface area contributed by atoms with Gasteiger partial charge in [-0.2, -0.15) is 0 Å². The van der Waals surface area contributed by atoms with Gasteiger partial charge >= 0.3 is 0 Å². The molecule has 1 N–H and O–H groups in total. The normalized spacial score (nSPS) is 20.9. The number of nitrogens with one attached hydrogen (secondary N) is 1. The van der Waals surface area contributed by atoms with Crippen molar-refractivity contribution in [2.45, 2.75) is 63.7 Å². The van der Waals surface area contributed by atoms with Gasteiger partial charge in [-0.25, -0.2) is 0 Å². The van der Waals surface area contributed by atoms with Crippen molar-refractivity contribution >= 4 is 33.4 Å². The number of methoxy groups -OCH3 is 2. The number of benzene rings is 1. The summed E-state index contributed by atoms with van der Waals surface area (Å²) in [5.74, 6) is 1.01. The van der Waals surface area contributed by atoms with Gasteiger partial charge in [0.1, 0.15) is 11.2 Å². The fourth-order valence-corrected chi connectivity index (χ4v) is 6.09. The van der Waals surface area contributed by atoms with E-state index in [0.717, 1.165) is 41.5 Å². The topological polar surface area (TPSA) is 72.8 Å². The van der Waals surface area contributed by atoms with Gasteiger partial charge in [0.15, 0.2) is 11.5 Å². The van der Waals surface area contributed by atoms with Crippen LogP contribution in [0.25, 0.3) is 10.2 Å². The summed E-state index contributed by atoms with van der Waals surface area (Å²) in [5, 5.41) is 5.31. The number of aromatic nitrogens is 1. The van der Waals surface area contributed by atoms with Crippen LogP contribution in [0.5, 0.6) is 11.5 Å². The van der Waals surface area contributed by atoms with E-state index in [-0.39, 0.29) is 17.9 Å². The molecule has 34 heavy (non-hydrogen) atoms. The number of rotatable bonds is 6. The predicted octanol–water partition coefficient (Wildman–Crippen LogP) is 4.58. The molecule has 0 saturated heterocycles. The molecule has 1 aliphatic carbocycles. The first-order chi connectivity index (χ1) is 16.4. The third-order valence-corrected chi connectivity index (χ3v) is 8.12. The monoisotopic (exact) mass is 481 g/mol. The highest BCUT2D eigenvalue weighted by Crippen LogP contribution is 2.36. The summed E-state index contributed by atoms with van der Waals surface area (Å²) in [5.41, 5.74) is 1.49. The highest BCUT2D eigenvalue weighted by molar-refractivity contribution is 7.17. The number of amides is 2. The van der Waals surface area contributed by atoms with Gasteiger partial charge < -0.3 is 24.3 Å². The number of carbonyl (C=O) groups excluding carboxylic acids is 2. The standard InChI is InChI=1S/C26H31N3O4S/c1-26(25(31)27-18-7-5-4-6-8-18)16-28-19-11-12-34-23(19)14-20(28)24(30)29(26)15-17-9-10-21(32-2)22(13-17)33-3/h9-14,18H,4-8,15-16H2,1-3H3,(H,27,31).